The van der Waals surface area contributed by atoms with Crippen molar-refractivity contribution in [2.75, 3.05) is 0 Å². The van der Waals surface area contributed by atoms with Gasteiger partial charge in [-0.1, -0.05) is 20.8 Å². The van der Waals surface area contributed by atoms with E-state index in [9.17, 15) is 0 Å². The molecule has 1 aliphatic carbocycles. The van der Waals surface area contributed by atoms with Gasteiger partial charge in [-0.2, -0.15) is 0 Å². The molecule has 0 unspecified atom stereocenters. The molecular formula is C14H19N3. The van der Waals surface area contributed by atoms with E-state index in [1.165, 1.54) is 24.8 Å². The van der Waals surface area contributed by atoms with E-state index in [4.69, 9.17) is 0 Å². The molecule has 0 N–H and O–H groups in total. The van der Waals surface area contributed by atoms with Gasteiger partial charge in [0.05, 0.1) is 18.0 Å². The molecule has 0 atom stereocenters. The van der Waals surface area contributed by atoms with Crippen LogP contribution in [-0.2, 0) is 5.41 Å². The van der Waals surface area contributed by atoms with Crippen LogP contribution >= 0.6 is 0 Å². The van der Waals surface area contributed by atoms with Crippen molar-refractivity contribution in [3.05, 3.63) is 24.3 Å². The first kappa shape index (κ1) is 10.8. The molecule has 3 rings (SSSR count). The summed E-state index contributed by atoms with van der Waals surface area (Å²) in [5.74, 6) is 0. The SMILES string of the molecule is CC(C)(C)c1cc2c(cn1)ncn2C1CCC1. The minimum Gasteiger partial charge on any atom is -0.327 e. The van der Waals surface area contributed by atoms with E-state index < -0.39 is 0 Å². The van der Waals surface area contributed by atoms with E-state index in [0.717, 1.165) is 11.2 Å². The average Bonchev–Trinajstić information content (AvgIpc) is 2.57. The van der Waals surface area contributed by atoms with Gasteiger partial charge in [0.2, 0.25) is 0 Å². The molecule has 0 aliphatic heterocycles. The van der Waals surface area contributed by atoms with Crippen molar-refractivity contribution in [1.29, 1.82) is 0 Å². The average molecular weight is 229 g/mol. The van der Waals surface area contributed by atoms with Crippen LogP contribution in [0.2, 0.25) is 0 Å². The van der Waals surface area contributed by atoms with Crippen molar-refractivity contribution in [2.24, 2.45) is 0 Å². The highest BCUT2D eigenvalue weighted by Gasteiger charge is 2.22. The zero-order valence-corrected chi connectivity index (χ0v) is 10.8. The second-order valence-electron chi connectivity index (χ2n) is 6.04. The number of nitrogens with zero attached hydrogens (tertiary/aromatic N) is 3. The molecule has 2 aromatic heterocycles. The summed E-state index contributed by atoms with van der Waals surface area (Å²) in [6.45, 7) is 6.60. The largest absolute Gasteiger partial charge is 0.327 e. The lowest BCUT2D eigenvalue weighted by atomic mass is 9.91. The Labute approximate surface area is 102 Å². The predicted octanol–water partition coefficient (Wildman–Crippen LogP) is 3.45. The number of fused-ring (bicyclic) bond motifs is 1. The molecule has 0 spiro atoms. The molecule has 3 nitrogen and oxygen atoms in total. The maximum Gasteiger partial charge on any atom is 0.107 e. The molecule has 0 amide bonds. The number of rotatable bonds is 1. The molecule has 0 saturated heterocycles. The Kier molecular flexibility index (Phi) is 2.25. The monoisotopic (exact) mass is 229 g/mol. The molecule has 17 heavy (non-hydrogen) atoms. The van der Waals surface area contributed by atoms with Crippen LogP contribution in [0.4, 0.5) is 0 Å². The lowest BCUT2D eigenvalue weighted by molar-refractivity contribution is 0.320. The van der Waals surface area contributed by atoms with Gasteiger partial charge in [0.25, 0.3) is 0 Å². The minimum absolute atomic E-state index is 0.100. The van der Waals surface area contributed by atoms with E-state index in [2.05, 4.69) is 41.4 Å². The molecule has 0 bridgehead atoms. The van der Waals surface area contributed by atoms with Gasteiger partial charge in [-0.15, -0.1) is 0 Å². The van der Waals surface area contributed by atoms with Crippen LogP contribution in [0.1, 0.15) is 51.8 Å². The molecule has 0 aromatic carbocycles. The first-order chi connectivity index (χ1) is 8.05. The van der Waals surface area contributed by atoms with Gasteiger partial charge in [-0.25, -0.2) is 4.98 Å². The van der Waals surface area contributed by atoms with E-state index in [-0.39, 0.29) is 5.41 Å². The van der Waals surface area contributed by atoms with E-state index in [1.807, 2.05) is 12.5 Å². The van der Waals surface area contributed by atoms with Gasteiger partial charge in [-0.05, 0) is 25.3 Å². The quantitative estimate of drug-likeness (QED) is 0.749. The van der Waals surface area contributed by atoms with Crippen molar-refractivity contribution in [3.8, 4) is 0 Å². The van der Waals surface area contributed by atoms with Crippen LogP contribution in [0.3, 0.4) is 0 Å². The fourth-order valence-electron chi connectivity index (χ4n) is 2.30. The molecule has 3 heteroatoms. The zero-order valence-electron chi connectivity index (χ0n) is 10.8. The second kappa shape index (κ2) is 3.56. The summed E-state index contributed by atoms with van der Waals surface area (Å²) in [7, 11) is 0. The van der Waals surface area contributed by atoms with E-state index in [1.54, 1.807) is 0 Å². The van der Waals surface area contributed by atoms with Crippen LogP contribution in [0, 0.1) is 0 Å². The van der Waals surface area contributed by atoms with Crippen LogP contribution in [0.25, 0.3) is 11.0 Å². The Hall–Kier alpha value is -1.38. The zero-order chi connectivity index (χ0) is 12.0. The Bertz CT molecular complexity index is 544. The van der Waals surface area contributed by atoms with E-state index in [0.29, 0.717) is 6.04 Å². The summed E-state index contributed by atoms with van der Waals surface area (Å²) in [6.07, 6.45) is 7.81. The number of pyridine rings is 1. The molecule has 0 radical (unpaired) electrons. The molecule has 2 aromatic rings. The fraction of sp³-hybridized carbons (Fsp3) is 0.571. The molecule has 1 fully saturated rings. The third kappa shape index (κ3) is 1.74. The Morgan fingerprint density at radius 3 is 2.59 bits per heavy atom. The molecular weight excluding hydrogens is 210 g/mol. The summed E-state index contributed by atoms with van der Waals surface area (Å²) in [4.78, 5) is 8.96. The Morgan fingerprint density at radius 1 is 1.24 bits per heavy atom. The normalized spacial score (nSPS) is 17.4. The van der Waals surface area contributed by atoms with Gasteiger partial charge in [0.1, 0.15) is 5.52 Å². The highest BCUT2D eigenvalue weighted by molar-refractivity contribution is 5.75. The topological polar surface area (TPSA) is 30.7 Å². The number of hydrogen-bond acceptors (Lipinski definition) is 2. The summed E-state index contributed by atoms with van der Waals surface area (Å²) in [6, 6.07) is 2.87. The van der Waals surface area contributed by atoms with Gasteiger partial charge in [0, 0.05) is 17.2 Å². The van der Waals surface area contributed by atoms with Crippen LogP contribution in [0.15, 0.2) is 18.6 Å². The number of hydrogen-bond donors (Lipinski definition) is 0. The summed E-state index contributed by atoms with van der Waals surface area (Å²) in [5.41, 5.74) is 3.51. The maximum absolute atomic E-state index is 4.52. The van der Waals surface area contributed by atoms with Gasteiger partial charge >= 0.3 is 0 Å². The van der Waals surface area contributed by atoms with Crippen molar-refractivity contribution < 1.29 is 0 Å². The highest BCUT2D eigenvalue weighted by Crippen LogP contribution is 2.34. The van der Waals surface area contributed by atoms with Gasteiger partial charge < -0.3 is 4.57 Å². The van der Waals surface area contributed by atoms with Crippen molar-refractivity contribution in [2.45, 2.75) is 51.5 Å². The Morgan fingerprint density at radius 2 is 2.00 bits per heavy atom. The van der Waals surface area contributed by atoms with E-state index >= 15 is 0 Å². The van der Waals surface area contributed by atoms with Crippen LogP contribution in [-0.4, -0.2) is 14.5 Å². The smallest absolute Gasteiger partial charge is 0.107 e. The summed E-state index contributed by atoms with van der Waals surface area (Å²) >= 11 is 0. The summed E-state index contributed by atoms with van der Waals surface area (Å²) < 4.78 is 2.33. The molecule has 2 heterocycles. The predicted molar refractivity (Wildman–Crippen MR) is 69.1 cm³/mol. The van der Waals surface area contributed by atoms with Crippen LogP contribution < -0.4 is 0 Å². The third-order valence-corrected chi connectivity index (χ3v) is 3.70. The first-order valence-electron chi connectivity index (χ1n) is 6.39. The van der Waals surface area contributed by atoms with Gasteiger partial charge in [0.15, 0.2) is 0 Å². The lowest BCUT2D eigenvalue weighted by Gasteiger charge is -2.27. The summed E-state index contributed by atoms with van der Waals surface area (Å²) in [5, 5.41) is 0. The van der Waals surface area contributed by atoms with Crippen molar-refractivity contribution >= 4 is 11.0 Å². The second-order valence-corrected chi connectivity index (χ2v) is 6.04. The lowest BCUT2D eigenvalue weighted by Crippen LogP contribution is -2.17. The van der Waals surface area contributed by atoms with Crippen LogP contribution in [0.5, 0.6) is 0 Å². The number of aromatic nitrogens is 3. The van der Waals surface area contributed by atoms with Crippen molar-refractivity contribution in [3.63, 3.8) is 0 Å². The minimum atomic E-state index is 0.100. The molecule has 1 saturated carbocycles. The molecule has 90 valence electrons. The fourth-order valence-corrected chi connectivity index (χ4v) is 2.30. The van der Waals surface area contributed by atoms with Gasteiger partial charge in [-0.3, -0.25) is 4.98 Å². The third-order valence-electron chi connectivity index (χ3n) is 3.70. The first-order valence-corrected chi connectivity index (χ1v) is 6.39. The number of imidazole rings is 1. The highest BCUT2D eigenvalue weighted by atomic mass is 15.1. The standard InChI is InChI=1S/C14H19N3/c1-14(2,3)13-7-12-11(8-15-13)16-9-17(12)10-5-4-6-10/h7-10H,4-6H2,1-3H3. The Balaban J connectivity index is 2.12. The molecule has 1 aliphatic rings. The maximum atomic E-state index is 4.52. The van der Waals surface area contributed by atoms with Crippen molar-refractivity contribution in [1.82, 2.24) is 14.5 Å².